The van der Waals surface area contributed by atoms with Gasteiger partial charge in [0, 0.05) is 42.0 Å². The average molecular weight is 523 g/mol. The van der Waals surface area contributed by atoms with Gasteiger partial charge in [-0.1, -0.05) is 74.5 Å². The molecule has 4 heteroatoms. The van der Waals surface area contributed by atoms with Gasteiger partial charge in [-0.05, 0) is 67.5 Å². The summed E-state index contributed by atoms with van der Waals surface area (Å²) >= 11 is 0. The summed E-state index contributed by atoms with van der Waals surface area (Å²) in [5.74, 6) is 1.79. The van der Waals surface area contributed by atoms with E-state index in [0.29, 0.717) is 6.04 Å². The molecule has 1 atom stereocenters. The van der Waals surface area contributed by atoms with Crippen molar-refractivity contribution in [2.75, 3.05) is 14.2 Å². The maximum Gasteiger partial charge on any atom is 0.127 e. The summed E-state index contributed by atoms with van der Waals surface area (Å²) in [6.45, 7) is 10.5. The molecule has 4 aromatic rings. The molecule has 0 N–H and O–H groups in total. The molecule has 1 heterocycles. The van der Waals surface area contributed by atoms with Crippen LogP contribution in [0, 0.1) is 6.92 Å². The van der Waals surface area contributed by atoms with Crippen LogP contribution in [0.5, 0.6) is 11.5 Å². The van der Waals surface area contributed by atoms with Crippen molar-refractivity contribution in [3.63, 3.8) is 0 Å². The lowest BCUT2D eigenvalue weighted by Crippen LogP contribution is -2.34. The maximum atomic E-state index is 6.03. The van der Waals surface area contributed by atoms with Gasteiger partial charge in [-0.25, -0.2) is 0 Å². The summed E-state index contributed by atoms with van der Waals surface area (Å²) in [4.78, 5) is 7.70. The van der Waals surface area contributed by atoms with E-state index < -0.39 is 0 Å². The molecule has 0 amide bonds. The van der Waals surface area contributed by atoms with Gasteiger partial charge in [-0.15, -0.1) is 0 Å². The zero-order valence-electron chi connectivity index (χ0n) is 24.3. The second-order valence-electron chi connectivity index (χ2n) is 10.2. The molecule has 204 valence electrons. The summed E-state index contributed by atoms with van der Waals surface area (Å²) in [7, 11) is 3.48. The predicted octanol–water partition coefficient (Wildman–Crippen LogP) is 7.83. The summed E-state index contributed by atoms with van der Waals surface area (Å²) in [6.07, 6.45) is 2.89. The number of nitrogens with zero attached hydrogens (tertiary/aromatic N) is 2. The van der Waals surface area contributed by atoms with Gasteiger partial charge >= 0.3 is 0 Å². The molecule has 4 rings (SSSR count). The number of benzene rings is 3. The molecule has 0 saturated heterocycles. The highest BCUT2D eigenvalue weighted by molar-refractivity contribution is 5.70. The lowest BCUT2D eigenvalue weighted by molar-refractivity contribution is 0.186. The van der Waals surface area contributed by atoms with Gasteiger partial charge in [0.2, 0.25) is 0 Å². The minimum absolute atomic E-state index is 0.301. The van der Waals surface area contributed by atoms with Crippen LogP contribution in [-0.4, -0.2) is 30.1 Å². The van der Waals surface area contributed by atoms with Crippen molar-refractivity contribution in [1.82, 2.24) is 9.88 Å². The van der Waals surface area contributed by atoms with Gasteiger partial charge in [-0.2, -0.15) is 0 Å². The highest BCUT2D eigenvalue weighted by atomic mass is 16.5. The highest BCUT2D eigenvalue weighted by Gasteiger charge is 2.21. The standard InChI is InChI=1S/C35H42N2O2/c1-7-29-15-12-16-30(8-2)35(29)33-22-34(39-6)32(26(4)36-33)24-37(23-28-13-10-9-11-14-28)25(3)21-27-17-19-31(38-5)20-18-27/h9-20,22,25H,7-8,21,23-24H2,1-6H3. The van der Waals surface area contributed by atoms with Crippen molar-refractivity contribution in [3.05, 3.63) is 112 Å². The SMILES string of the molecule is CCc1cccc(CC)c1-c1cc(OC)c(CN(Cc2ccccc2)C(C)Cc2ccc(OC)cc2)c(C)n1. The number of hydrogen-bond donors (Lipinski definition) is 0. The number of aromatic nitrogens is 1. The van der Waals surface area contributed by atoms with Crippen molar-refractivity contribution < 1.29 is 9.47 Å². The summed E-state index contributed by atoms with van der Waals surface area (Å²) in [5, 5.41) is 0. The van der Waals surface area contributed by atoms with Crippen LogP contribution >= 0.6 is 0 Å². The number of rotatable bonds is 12. The number of ether oxygens (including phenoxy) is 2. The second-order valence-corrected chi connectivity index (χ2v) is 10.2. The Hall–Kier alpha value is -3.63. The molecule has 4 nitrogen and oxygen atoms in total. The molecule has 0 fully saturated rings. The van der Waals surface area contributed by atoms with Crippen molar-refractivity contribution in [1.29, 1.82) is 0 Å². The van der Waals surface area contributed by atoms with Crippen LogP contribution in [0.4, 0.5) is 0 Å². The van der Waals surface area contributed by atoms with E-state index in [1.165, 1.54) is 27.8 Å². The normalized spacial score (nSPS) is 12.0. The Morgan fingerprint density at radius 3 is 2.03 bits per heavy atom. The van der Waals surface area contributed by atoms with E-state index >= 15 is 0 Å². The first-order valence-electron chi connectivity index (χ1n) is 14.0. The van der Waals surface area contributed by atoms with Gasteiger partial charge in [0.1, 0.15) is 11.5 Å². The zero-order valence-corrected chi connectivity index (χ0v) is 24.3. The molecule has 0 radical (unpaired) electrons. The quantitative estimate of drug-likeness (QED) is 0.190. The molecule has 3 aromatic carbocycles. The van der Waals surface area contributed by atoms with E-state index in [4.69, 9.17) is 14.5 Å². The van der Waals surface area contributed by atoms with E-state index in [1.54, 1.807) is 14.2 Å². The van der Waals surface area contributed by atoms with E-state index in [9.17, 15) is 0 Å². The van der Waals surface area contributed by atoms with Crippen LogP contribution in [0.2, 0.25) is 0 Å². The maximum absolute atomic E-state index is 6.03. The third kappa shape index (κ3) is 6.88. The van der Waals surface area contributed by atoms with E-state index in [1.807, 2.05) is 12.1 Å². The van der Waals surface area contributed by atoms with Gasteiger partial charge in [0.15, 0.2) is 0 Å². The summed E-state index contributed by atoms with van der Waals surface area (Å²) in [6, 6.07) is 28.1. The largest absolute Gasteiger partial charge is 0.497 e. The first-order chi connectivity index (χ1) is 19.0. The third-order valence-corrected chi connectivity index (χ3v) is 7.67. The fourth-order valence-electron chi connectivity index (χ4n) is 5.36. The Kier molecular flexibility index (Phi) is 9.78. The average Bonchev–Trinajstić information content (AvgIpc) is 2.97. The minimum Gasteiger partial charge on any atom is -0.497 e. The molecule has 0 saturated carbocycles. The fraction of sp³-hybridized carbons (Fsp3) is 0.343. The van der Waals surface area contributed by atoms with Gasteiger partial charge in [0.25, 0.3) is 0 Å². The fourth-order valence-corrected chi connectivity index (χ4v) is 5.36. The molecule has 0 bridgehead atoms. The molecule has 1 aromatic heterocycles. The second kappa shape index (κ2) is 13.4. The Morgan fingerprint density at radius 2 is 1.44 bits per heavy atom. The topological polar surface area (TPSA) is 34.6 Å². The number of hydrogen-bond acceptors (Lipinski definition) is 4. The Labute approximate surface area is 234 Å². The van der Waals surface area contributed by atoms with Crippen molar-refractivity contribution in [3.8, 4) is 22.8 Å². The Balaban J connectivity index is 1.69. The van der Waals surface area contributed by atoms with Crippen LogP contribution in [-0.2, 0) is 32.4 Å². The molecule has 0 aliphatic rings. The van der Waals surface area contributed by atoms with E-state index in [0.717, 1.165) is 60.8 Å². The zero-order chi connectivity index (χ0) is 27.8. The Bertz CT molecular complexity index is 1330. The smallest absolute Gasteiger partial charge is 0.127 e. The first-order valence-corrected chi connectivity index (χ1v) is 14.0. The predicted molar refractivity (Wildman–Crippen MR) is 162 cm³/mol. The lowest BCUT2D eigenvalue weighted by Gasteiger charge is -2.31. The van der Waals surface area contributed by atoms with Crippen LogP contribution in [0.3, 0.4) is 0 Å². The molecular weight excluding hydrogens is 480 g/mol. The Morgan fingerprint density at radius 1 is 0.769 bits per heavy atom. The monoisotopic (exact) mass is 522 g/mol. The first kappa shape index (κ1) is 28.4. The molecule has 0 spiro atoms. The minimum atomic E-state index is 0.301. The van der Waals surface area contributed by atoms with Crippen molar-refractivity contribution in [2.24, 2.45) is 0 Å². The summed E-state index contributed by atoms with van der Waals surface area (Å²) in [5.41, 5.74) is 9.67. The molecule has 0 aliphatic carbocycles. The van der Waals surface area contributed by atoms with Crippen molar-refractivity contribution >= 4 is 0 Å². The van der Waals surface area contributed by atoms with Gasteiger partial charge in [0.05, 0.1) is 19.9 Å². The lowest BCUT2D eigenvalue weighted by atomic mass is 9.94. The van der Waals surface area contributed by atoms with Gasteiger partial charge in [-0.3, -0.25) is 9.88 Å². The summed E-state index contributed by atoms with van der Waals surface area (Å²) < 4.78 is 11.4. The molecule has 1 unspecified atom stereocenters. The van der Waals surface area contributed by atoms with Crippen LogP contribution in [0.1, 0.15) is 54.3 Å². The van der Waals surface area contributed by atoms with E-state index in [2.05, 4.69) is 99.3 Å². The number of methoxy groups -OCH3 is 2. The molecule has 0 aliphatic heterocycles. The van der Waals surface area contributed by atoms with Crippen LogP contribution in [0.25, 0.3) is 11.3 Å². The number of aryl methyl sites for hydroxylation is 3. The van der Waals surface area contributed by atoms with E-state index in [-0.39, 0.29) is 0 Å². The third-order valence-electron chi connectivity index (χ3n) is 7.67. The number of pyridine rings is 1. The van der Waals surface area contributed by atoms with Crippen molar-refractivity contribution in [2.45, 2.75) is 66.1 Å². The highest BCUT2D eigenvalue weighted by Crippen LogP contribution is 2.34. The van der Waals surface area contributed by atoms with Crippen LogP contribution in [0.15, 0.2) is 78.9 Å². The van der Waals surface area contributed by atoms with Gasteiger partial charge < -0.3 is 9.47 Å². The molecule has 39 heavy (non-hydrogen) atoms. The molecular formula is C35H42N2O2. The van der Waals surface area contributed by atoms with Crippen LogP contribution < -0.4 is 9.47 Å².